The predicted molar refractivity (Wildman–Crippen MR) is 123 cm³/mol. The van der Waals surface area contributed by atoms with Crippen molar-refractivity contribution in [2.45, 2.75) is 50.5 Å². The van der Waals surface area contributed by atoms with Crippen LogP contribution in [0.1, 0.15) is 64.9 Å². The summed E-state index contributed by atoms with van der Waals surface area (Å²) in [6.07, 6.45) is 0.790. The molecule has 3 aromatic rings. The topological polar surface area (TPSA) is 78.1 Å². The van der Waals surface area contributed by atoms with Crippen molar-refractivity contribution in [3.05, 3.63) is 52.0 Å². The van der Waals surface area contributed by atoms with Gasteiger partial charge in [-0.05, 0) is 43.5 Å². The van der Waals surface area contributed by atoms with Crippen LogP contribution in [0.5, 0.6) is 0 Å². The van der Waals surface area contributed by atoms with Gasteiger partial charge in [-0.3, -0.25) is 9.59 Å². The smallest absolute Gasteiger partial charge is 0.263 e. The van der Waals surface area contributed by atoms with Gasteiger partial charge in [0.15, 0.2) is 0 Å². The number of piperidine rings is 1. The van der Waals surface area contributed by atoms with Crippen LogP contribution in [-0.2, 0) is 4.79 Å². The minimum atomic E-state index is -2.68. The molecule has 2 N–H and O–H groups in total. The summed E-state index contributed by atoms with van der Waals surface area (Å²) in [5.74, 6) is -1.42. The fraction of sp³-hybridized carbons (Fsp3) is 0.458. The number of nitrogens with zero attached hydrogens (tertiary/aromatic N) is 2. The van der Waals surface area contributed by atoms with E-state index in [-0.39, 0.29) is 55.6 Å². The predicted octanol–water partition coefficient (Wildman–Crippen LogP) is 4.87. The molecule has 2 amide bonds. The molecule has 1 saturated carbocycles. The quantitative estimate of drug-likeness (QED) is 0.538. The number of nitrogens with one attached hydrogen (secondary N) is 2. The number of aromatic nitrogens is 2. The minimum Gasteiger partial charge on any atom is -0.349 e. The summed E-state index contributed by atoms with van der Waals surface area (Å²) < 4.78 is 26.7. The third-order valence-corrected chi connectivity index (χ3v) is 7.81. The zero-order valence-electron chi connectivity index (χ0n) is 18.3. The molecule has 0 unspecified atom stereocenters. The Labute approximate surface area is 194 Å². The van der Waals surface area contributed by atoms with Crippen LogP contribution in [0.3, 0.4) is 0 Å². The van der Waals surface area contributed by atoms with Crippen LogP contribution in [0.25, 0.3) is 11.0 Å². The number of imidazole rings is 1. The molecular formula is C24H26F2N4O2S. The second kappa shape index (κ2) is 8.52. The number of carbonyl (C=O) groups is 2. The molecule has 0 bridgehead atoms. The third kappa shape index (κ3) is 4.78. The van der Waals surface area contributed by atoms with Crippen molar-refractivity contribution in [1.29, 1.82) is 0 Å². The lowest BCUT2D eigenvalue weighted by molar-refractivity contribution is -0.122. The van der Waals surface area contributed by atoms with Gasteiger partial charge in [-0.25, -0.2) is 13.8 Å². The number of likely N-dealkylation sites (tertiary alicyclic amines) is 1. The van der Waals surface area contributed by atoms with Gasteiger partial charge in [0, 0.05) is 43.1 Å². The number of hydrogen-bond donors (Lipinski definition) is 2. The fourth-order valence-corrected chi connectivity index (χ4v) is 5.44. The molecule has 2 fully saturated rings. The zero-order valence-corrected chi connectivity index (χ0v) is 19.1. The molecule has 2 aliphatic rings. The first-order valence-electron chi connectivity index (χ1n) is 11.3. The number of carbonyl (C=O) groups excluding carboxylic acids is 2. The molecule has 174 valence electrons. The summed E-state index contributed by atoms with van der Waals surface area (Å²) in [6, 6.07) is 11.2. The van der Waals surface area contributed by atoms with Crippen molar-refractivity contribution in [3.63, 3.8) is 0 Å². The summed E-state index contributed by atoms with van der Waals surface area (Å²) in [4.78, 5) is 36.1. The molecule has 3 heterocycles. The lowest BCUT2D eigenvalue weighted by Crippen LogP contribution is -2.42. The Kier molecular flexibility index (Phi) is 5.68. The van der Waals surface area contributed by atoms with Crippen LogP contribution in [0, 0.1) is 5.92 Å². The van der Waals surface area contributed by atoms with E-state index in [2.05, 4.69) is 15.3 Å². The molecule has 1 aliphatic carbocycles. The average Bonchev–Trinajstić information content (AvgIpc) is 3.19. The van der Waals surface area contributed by atoms with Gasteiger partial charge in [-0.1, -0.05) is 12.1 Å². The first-order valence-corrected chi connectivity index (χ1v) is 12.1. The summed E-state index contributed by atoms with van der Waals surface area (Å²) >= 11 is 1.31. The van der Waals surface area contributed by atoms with Gasteiger partial charge in [0.2, 0.25) is 5.91 Å². The van der Waals surface area contributed by atoms with Gasteiger partial charge in [0.05, 0.1) is 22.0 Å². The summed E-state index contributed by atoms with van der Waals surface area (Å²) in [5, 5.41) is 3.03. The normalized spacial score (nSPS) is 22.8. The van der Waals surface area contributed by atoms with Crippen molar-refractivity contribution >= 4 is 34.2 Å². The average molecular weight is 473 g/mol. The highest BCUT2D eigenvalue weighted by Gasteiger charge is 2.42. The number of aromatic amines is 1. The Hall–Kier alpha value is -2.81. The molecule has 5 rings (SSSR count). The number of H-pyrrole nitrogens is 1. The van der Waals surface area contributed by atoms with Crippen molar-refractivity contribution in [3.8, 4) is 0 Å². The van der Waals surface area contributed by atoms with Crippen molar-refractivity contribution in [2.24, 2.45) is 5.92 Å². The summed E-state index contributed by atoms with van der Waals surface area (Å²) in [7, 11) is 0. The van der Waals surface area contributed by atoms with E-state index in [0.717, 1.165) is 28.2 Å². The number of para-hydroxylation sites is 2. The number of alkyl halides is 2. The van der Waals surface area contributed by atoms with Gasteiger partial charge < -0.3 is 15.2 Å². The number of amides is 2. The molecular weight excluding hydrogens is 446 g/mol. The maximum Gasteiger partial charge on any atom is 0.263 e. The van der Waals surface area contributed by atoms with E-state index in [1.54, 1.807) is 6.07 Å². The lowest BCUT2D eigenvalue weighted by Gasteiger charge is -2.31. The van der Waals surface area contributed by atoms with Crippen LogP contribution in [0.15, 0.2) is 36.4 Å². The minimum absolute atomic E-state index is 0.0225. The molecule has 3 atom stereocenters. The van der Waals surface area contributed by atoms with Crippen LogP contribution < -0.4 is 5.32 Å². The fourth-order valence-electron chi connectivity index (χ4n) is 4.46. The molecule has 33 heavy (non-hydrogen) atoms. The first-order chi connectivity index (χ1) is 15.8. The SMILES string of the molecule is C[C@@H](NC(=O)C[C@H]1C[C@H]1c1nc2ccccc2[nH]1)c1ccc(C(=O)N2CCC(F)(F)CC2)s1. The molecule has 0 spiro atoms. The lowest BCUT2D eigenvalue weighted by atomic mass is 10.1. The number of halogens is 2. The van der Waals surface area contributed by atoms with Gasteiger partial charge in [0.1, 0.15) is 5.82 Å². The van der Waals surface area contributed by atoms with E-state index in [4.69, 9.17) is 0 Å². The monoisotopic (exact) mass is 472 g/mol. The van der Waals surface area contributed by atoms with E-state index in [0.29, 0.717) is 11.3 Å². The number of hydrogen-bond acceptors (Lipinski definition) is 4. The van der Waals surface area contributed by atoms with E-state index in [9.17, 15) is 18.4 Å². The Morgan fingerprint density at radius 2 is 2.00 bits per heavy atom. The highest BCUT2D eigenvalue weighted by Crippen LogP contribution is 2.48. The number of benzene rings is 1. The molecule has 1 aliphatic heterocycles. The Bertz CT molecular complexity index is 1150. The van der Waals surface area contributed by atoms with E-state index in [1.807, 2.05) is 37.3 Å². The molecule has 1 saturated heterocycles. The zero-order chi connectivity index (χ0) is 23.2. The molecule has 9 heteroatoms. The Morgan fingerprint density at radius 3 is 2.76 bits per heavy atom. The van der Waals surface area contributed by atoms with Crippen LogP contribution in [-0.4, -0.2) is 45.7 Å². The third-order valence-electron chi connectivity index (χ3n) is 6.55. The van der Waals surface area contributed by atoms with Crippen LogP contribution in [0.4, 0.5) is 8.78 Å². The second-order valence-electron chi connectivity index (χ2n) is 9.08. The first kappa shape index (κ1) is 22.0. The van der Waals surface area contributed by atoms with Crippen LogP contribution in [0.2, 0.25) is 0 Å². The molecule has 6 nitrogen and oxygen atoms in total. The highest BCUT2D eigenvalue weighted by atomic mass is 32.1. The van der Waals surface area contributed by atoms with Gasteiger partial charge in [0.25, 0.3) is 11.8 Å². The second-order valence-corrected chi connectivity index (χ2v) is 10.2. The van der Waals surface area contributed by atoms with E-state index in [1.165, 1.54) is 16.2 Å². The Balaban J connectivity index is 1.13. The number of rotatable bonds is 6. The van der Waals surface area contributed by atoms with Gasteiger partial charge in [-0.15, -0.1) is 11.3 Å². The molecule has 2 aromatic heterocycles. The molecule has 0 radical (unpaired) electrons. The standard InChI is InChI=1S/C24H26F2N4O2S/c1-14(19-6-7-20(33-19)23(32)30-10-8-24(25,26)9-11-30)27-21(31)13-15-12-16(15)22-28-17-4-2-3-5-18(17)29-22/h2-7,14-16H,8-13H2,1H3,(H,27,31)(H,28,29)/t14-,15-,16-/m1/s1. The van der Waals surface area contributed by atoms with Crippen molar-refractivity contribution in [2.75, 3.05) is 13.1 Å². The van der Waals surface area contributed by atoms with Crippen molar-refractivity contribution < 1.29 is 18.4 Å². The maximum absolute atomic E-state index is 13.4. The van der Waals surface area contributed by atoms with E-state index < -0.39 is 5.92 Å². The number of thiophene rings is 1. The van der Waals surface area contributed by atoms with Crippen molar-refractivity contribution in [1.82, 2.24) is 20.2 Å². The summed E-state index contributed by atoms with van der Waals surface area (Å²) in [6.45, 7) is 2.03. The Morgan fingerprint density at radius 1 is 1.24 bits per heavy atom. The highest BCUT2D eigenvalue weighted by molar-refractivity contribution is 7.14. The summed E-state index contributed by atoms with van der Waals surface area (Å²) in [5.41, 5.74) is 1.95. The maximum atomic E-state index is 13.4. The number of fused-ring (bicyclic) bond motifs is 1. The van der Waals surface area contributed by atoms with E-state index >= 15 is 0 Å². The van der Waals surface area contributed by atoms with Crippen LogP contribution >= 0.6 is 11.3 Å². The van der Waals surface area contributed by atoms with Gasteiger partial charge >= 0.3 is 0 Å². The van der Waals surface area contributed by atoms with Gasteiger partial charge in [-0.2, -0.15) is 0 Å². The molecule has 1 aromatic carbocycles. The largest absolute Gasteiger partial charge is 0.349 e.